The Morgan fingerprint density at radius 1 is 1.48 bits per heavy atom. The molecule has 4 atom stereocenters. The number of azide groups is 1. The van der Waals surface area contributed by atoms with Gasteiger partial charge in [-0.15, -0.1) is 0 Å². The van der Waals surface area contributed by atoms with E-state index in [1.54, 1.807) is 0 Å². The number of hydrogen-bond acceptors (Lipinski definition) is 8. The number of aliphatic hydroxyl groups is 2. The molecule has 0 unspecified atom stereocenters. The largest absolute Gasteiger partial charge is 0.492 e. The molecule has 0 amide bonds. The minimum absolute atomic E-state index is 0.186. The second-order valence-corrected chi connectivity index (χ2v) is 5.24. The van der Waals surface area contributed by atoms with Gasteiger partial charge in [0.25, 0.3) is 0 Å². The van der Waals surface area contributed by atoms with Gasteiger partial charge >= 0.3 is 0 Å². The number of nitrogens with zero attached hydrogens (tertiary/aromatic N) is 7. The van der Waals surface area contributed by atoms with Gasteiger partial charge in [-0.1, -0.05) is 12.0 Å². The number of rotatable bonds is 4. The van der Waals surface area contributed by atoms with E-state index in [2.05, 4.69) is 25.0 Å². The maximum absolute atomic E-state index is 10.5. The lowest BCUT2D eigenvalue weighted by molar-refractivity contribution is -0.122. The fraction of sp³-hybridized carbons (Fsp3) is 0.583. The van der Waals surface area contributed by atoms with Gasteiger partial charge in [0, 0.05) is 10.8 Å². The number of fused-ring (bicyclic) bond motifs is 1. The summed E-state index contributed by atoms with van der Waals surface area (Å²) in [4.78, 5) is 14.4. The minimum atomic E-state index is -1.77. The molecule has 2 aromatic heterocycles. The first kappa shape index (κ1) is 15.4. The van der Waals surface area contributed by atoms with Gasteiger partial charge in [-0.05, 0) is 12.0 Å². The first-order valence-electron chi connectivity index (χ1n) is 6.97. The summed E-state index contributed by atoms with van der Waals surface area (Å²) >= 11 is 0. The normalized spacial score (nSPS) is 30.5. The molecule has 1 aliphatic rings. The van der Waals surface area contributed by atoms with Crippen molar-refractivity contribution in [2.75, 3.05) is 6.61 Å². The van der Waals surface area contributed by atoms with Crippen molar-refractivity contribution in [3.05, 3.63) is 23.1 Å². The molecule has 3 heterocycles. The number of aromatic nitrogens is 4. The van der Waals surface area contributed by atoms with E-state index in [4.69, 9.17) is 10.3 Å². The second-order valence-electron chi connectivity index (χ2n) is 5.24. The Balaban J connectivity index is 2.11. The molecule has 0 spiro atoms. The lowest BCUT2D eigenvalue weighted by Gasteiger charge is -2.24. The van der Waals surface area contributed by atoms with Gasteiger partial charge in [0.2, 0.25) is 5.88 Å². The van der Waals surface area contributed by atoms with Gasteiger partial charge in [-0.25, -0.2) is 9.97 Å². The predicted octanol–water partition coefficient (Wildman–Crippen LogP) is 0.447. The summed E-state index contributed by atoms with van der Waals surface area (Å²) in [5.41, 5.74) is 7.43. The smallest absolute Gasteiger partial charge is 0.242 e. The van der Waals surface area contributed by atoms with E-state index in [9.17, 15) is 15.3 Å². The van der Waals surface area contributed by atoms with E-state index in [1.165, 1.54) is 17.2 Å². The van der Waals surface area contributed by atoms with Crippen molar-refractivity contribution in [2.45, 2.75) is 31.4 Å². The second kappa shape index (κ2) is 5.63. The average molecular weight is 321 g/mol. The van der Waals surface area contributed by atoms with Crippen LogP contribution in [0.4, 0.5) is 0 Å². The third-order valence-electron chi connectivity index (χ3n) is 4.08. The molecule has 1 aliphatic heterocycles. The van der Waals surface area contributed by atoms with Crippen LogP contribution >= 0.6 is 0 Å². The van der Waals surface area contributed by atoms with Crippen LogP contribution in [0.2, 0.25) is 0 Å². The Morgan fingerprint density at radius 3 is 2.91 bits per heavy atom. The summed E-state index contributed by atoms with van der Waals surface area (Å²) in [5.74, 6) is -0.744. The molecule has 3 N–H and O–H groups in total. The average Bonchev–Trinajstić information content (AvgIpc) is 3.09. The molecule has 23 heavy (non-hydrogen) atoms. The van der Waals surface area contributed by atoms with Crippen LogP contribution in [0.1, 0.15) is 19.6 Å². The molecule has 0 aromatic carbocycles. The van der Waals surface area contributed by atoms with Crippen molar-refractivity contribution in [3.8, 4) is 5.88 Å². The zero-order chi connectivity index (χ0) is 16.6. The molecular formula is C12H15N7O4. The number of hydrogen-bond donors (Lipinski definition) is 3. The fourth-order valence-electron chi connectivity index (χ4n) is 2.89. The van der Waals surface area contributed by atoms with Gasteiger partial charge in [-0.2, -0.15) is 4.98 Å². The van der Waals surface area contributed by atoms with Crippen LogP contribution in [0, 0.1) is 5.92 Å². The molecule has 0 radical (unpaired) electrons. The van der Waals surface area contributed by atoms with Crippen molar-refractivity contribution < 1.29 is 20.1 Å². The fourth-order valence-corrected chi connectivity index (χ4v) is 2.89. The summed E-state index contributed by atoms with van der Waals surface area (Å²) in [5, 5.41) is 33.2. The molecule has 1 fully saturated rings. The van der Waals surface area contributed by atoms with Crippen LogP contribution < -0.4 is 0 Å². The quantitative estimate of drug-likeness (QED) is 0.418. The first-order chi connectivity index (χ1) is 11.1. The summed E-state index contributed by atoms with van der Waals surface area (Å²) in [6, 6.07) is 0. The summed E-state index contributed by atoms with van der Waals surface area (Å²) in [6.07, 6.45) is 1.08. The maximum Gasteiger partial charge on any atom is 0.242 e. The van der Waals surface area contributed by atoms with Crippen LogP contribution in [-0.2, 0) is 4.74 Å². The molecule has 11 nitrogen and oxygen atoms in total. The van der Waals surface area contributed by atoms with Gasteiger partial charge in [0.15, 0.2) is 16.9 Å². The van der Waals surface area contributed by atoms with E-state index >= 15 is 0 Å². The molecule has 122 valence electrons. The zero-order valence-electron chi connectivity index (χ0n) is 12.2. The molecular weight excluding hydrogens is 306 g/mol. The molecule has 0 bridgehead atoms. The highest BCUT2D eigenvalue weighted by atomic mass is 16.6. The highest BCUT2D eigenvalue weighted by molar-refractivity contribution is 5.75. The predicted molar refractivity (Wildman–Crippen MR) is 75.9 cm³/mol. The Labute approximate surface area is 129 Å². The van der Waals surface area contributed by atoms with E-state index in [1.807, 2.05) is 6.92 Å². The van der Waals surface area contributed by atoms with E-state index in [-0.39, 0.29) is 11.4 Å². The van der Waals surface area contributed by atoms with Crippen molar-refractivity contribution in [1.29, 1.82) is 0 Å². The third kappa shape index (κ3) is 2.18. The standard InChI is InChI=1S/C12H15N7O4/c1-2-6-8(21)12(3-20,17-18-13)23-11(6)19-5-16-7-9(19)14-4-15-10(7)22/h4-6,8,11,20-21H,2-3H2,1H3,(H,14,15,22)/t6-,8+,11-,12-/m1/s1. The Morgan fingerprint density at radius 2 is 2.26 bits per heavy atom. The Bertz CT molecular complexity index is 774. The number of aromatic hydroxyl groups is 1. The van der Waals surface area contributed by atoms with Crippen molar-refractivity contribution >= 4 is 11.2 Å². The highest BCUT2D eigenvalue weighted by Gasteiger charge is 2.54. The van der Waals surface area contributed by atoms with Crippen molar-refractivity contribution in [1.82, 2.24) is 19.5 Å². The summed E-state index contributed by atoms with van der Waals surface area (Å²) in [7, 11) is 0. The first-order valence-corrected chi connectivity index (χ1v) is 6.97. The highest BCUT2D eigenvalue weighted by Crippen LogP contribution is 2.44. The zero-order valence-corrected chi connectivity index (χ0v) is 12.2. The SMILES string of the molecule is CC[C@H]1[C@H](n2cnc3c(O)ncnc32)O[C@@](CO)(N=[N+]=[N-])[C@H]1O. The van der Waals surface area contributed by atoms with Crippen molar-refractivity contribution in [2.24, 2.45) is 11.0 Å². The van der Waals surface area contributed by atoms with E-state index in [0.717, 1.165) is 0 Å². The monoisotopic (exact) mass is 321 g/mol. The van der Waals surface area contributed by atoms with Crippen molar-refractivity contribution in [3.63, 3.8) is 0 Å². The van der Waals surface area contributed by atoms with Crippen LogP contribution in [-0.4, -0.2) is 53.3 Å². The summed E-state index contributed by atoms with van der Waals surface area (Å²) in [6.45, 7) is 1.16. The van der Waals surface area contributed by atoms with Gasteiger partial charge < -0.3 is 20.1 Å². The molecule has 2 aromatic rings. The van der Waals surface area contributed by atoms with E-state index in [0.29, 0.717) is 12.1 Å². The lowest BCUT2D eigenvalue weighted by Crippen LogP contribution is -2.42. The molecule has 11 heteroatoms. The molecule has 1 saturated heterocycles. The number of imidazole rings is 1. The third-order valence-corrected chi connectivity index (χ3v) is 4.08. The molecule has 3 rings (SSSR count). The summed E-state index contributed by atoms with van der Waals surface area (Å²) < 4.78 is 7.22. The Hall–Kier alpha value is -2.46. The van der Waals surface area contributed by atoms with Crippen LogP contribution in [0.25, 0.3) is 21.6 Å². The molecule has 0 aliphatic carbocycles. The number of ether oxygens (including phenoxy) is 1. The van der Waals surface area contributed by atoms with Gasteiger partial charge in [0.1, 0.15) is 12.6 Å². The minimum Gasteiger partial charge on any atom is -0.492 e. The van der Waals surface area contributed by atoms with Gasteiger partial charge in [0.05, 0.1) is 19.0 Å². The van der Waals surface area contributed by atoms with Gasteiger partial charge in [-0.3, -0.25) is 4.57 Å². The maximum atomic E-state index is 10.5. The Kier molecular flexibility index (Phi) is 3.78. The van der Waals surface area contributed by atoms with Crippen LogP contribution in [0.5, 0.6) is 5.88 Å². The van der Waals surface area contributed by atoms with Crippen LogP contribution in [0.3, 0.4) is 0 Å². The van der Waals surface area contributed by atoms with E-state index < -0.39 is 30.6 Å². The molecule has 0 saturated carbocycles. The number of aliphatic hydroxyl groups excluding tert-OH is 2. The van der Waals surface area contributed by atoms with Crippen LogP contribution in [0.15, 0.2) is 17.8 Å². The lowest BCUT2D eigenvalue weighted by atomic mass is 9.94. The topological polar surface area (TPSA) is 162 Å².